The normalized spacial score (nSPS) is 18.4. The summed E-state index contributed by atoms with van der Waals surface area (Å²) in [7, 11) is 1.74. The summed E-state index contributed by atoms with van der Waals surface area (Å²) in [5.41, 5.74) is 3.07. The summed E-state index contributed by atoms with van der Waals surface area (Å²) < 4.78 is 5.31. The molecule has 0 unspecified atom stereocenters. The molecule has 0 heterocycles. The maximum absolute atomic E-state index is 5.72. The minimum absolute atomic E-state index is 0.759. The quantitative estimate of drug-likeness (QED) is 0.525. The molecule has 1 nitrogen and oxygen atoms in total. The van der Waals surface area contributed by atoms with Crippen LogP contribution < -0.4 is 4.74 Å². The first kappa shape index (κ1) is 13.7. The maximum Gasteiger partial charge on any atom is 0.119 e. The minimum atomic E-state index is 0.759. The van der Waals surface area contributed by atoms with Crippen LogP contribution in [0.15, 0.2) is 18.2 Å². The van der Waals surface area contributed by atoms with Gasteiger partial charge in [-0.2, -0.15) is 0 Å². The molecule has 0 radical (unpaired) electrons. The Morgan fingerprint density at radius 1 is 1.28 bits per heavy atom. The van der Waals surface area contributed by atoms with Crippen LogP contribution in [0.4, 0.5) is 0 Å². The van der Waals surface area contributed by atoms with Crippen molar-refractivity contribution in [3.63, 3.8) is 0 Å². The summed E-state index contributed by atoms with van der Waals surface area (Å²) >= 11 is 5.72. The van der Waals surface area contributed by atoms with E-state index >= 15 is 0 Å². The molecule has 1 aromatic carbocycles. The second-order valence-electron chi connectivity index (χ2n) is 5.19. The number of rotatable bonds is 6. The zero-order valence-corrected chi connectivity index (χ0v) is 12.0. The Balaban J connectivity index is 1.99. The number of aryl methyl sites for hydroxylation is 1. The third-order valence-corrected chi connectivity index (χ3v) is 4.24. The predicted molar refractivity (Wildman–Crippen MR) is 77.9 cm³/mol. The van der Waals surface area contributed by atoms with Crippen molar-refractivity contribution < 1.29 is 4.74 Å². The van der Waals surface area contributed by atoms with Crippen LogP contribution >= 0.6 is 11.6 Å². The van der Waals surface area contributed by atoms with Gasteiger partial charge in [0.25, 0.3) is 0 Å². The minimum Gasteiger partial charge on any atom is -0.497 e. The monoisotopic (exact) mass is 266 g/mol. The molecule has 0 saturated heterocycles. The highest BCUT2D eigenvalue weighted by Crippen LogP contribution is 2.36. The zero-order chi connectivity index (χ0) is 12.8. The molecule has 18 heavy (non-hydrogen) atoms. The van der Waals surface area contributed by atoms with Gasteiger partial charge in [0.2, 0.25) is 0 Å². The van der Waals surface area contributed by atoms with Crippen LogP contribution in [0.5, 0.6) is 5.75 Å². The van der Waals surface area contributed by atoms with Gasteiger partial charge in [0, 0.05) is 5.88 Å². The molecule has 0 amide bonds. The lowest BCUT2D eigenvalue weighted by molar-refractivity contribution is 0.412. The fourth-order valence-electron chi connectivity index (χ4n) is 2.98. The fraction of sp³-hybridized carbons (Fsp3) is 0.625. The first-order valence-electron chi connectivity index (χ1n) is 7.08. The first-order chi connectivity index (χ1) is 8.85. The van der Waals surface area contributed by atoms with E-state index in [1.54, 1.807) is 12.7 Å². The largest absolute Gasteiger partial charge is 0.497 e. The van der Waals surface area contributed by atoms with Gasteiger partial charge in [0.05, 0.1) is 7.11 Å². The molecule has 0 bridgehead atoms. The number of ether oxygens (including phenoxy) is 1. The van der Waals surface area contributed by atoms with Crippen LogP contribution in [0.2, 0.25) is 0 Å². The molecule has 1 aliphatic carbocycles. The number of alkyl halides is 1. The second-order valence-corrected chi connectivity index (χ2v) is 5.57. The van der Waals surface area contributed by atoms with Crippen molar-refractivity contribution in [2.24, 2.45) is 0 Å². The van der Waals surface area contributed by atoms with Gasteiger partial charge in [-0.25, -0.2) is 0 Å². The molecule has 0 fully saturated rings. The molecule has 1 aromatic rings. The van der Waals surface area contributed by atoms with Gasteiger partial charge in [-0.15, -0.1) is 11.6 Å². The van der Waals surface area contributed by atoms with Crippen LogP contribution in [0.25, 0.3) is 0 Å². The third kappa shape index (κ3) is 3.41. The SMILES string of the molecule is COc1ccc2c(c1)CCC[C@H]2CCCCCCl. The summed E-state index contributed by atoms with van der Waals surface area (Å²) in [6.07, 6.45) is 8.93. The van der Waals surface area contributed by atoms with Crippen molar-refractivity contribution in [2.75, 3.05) is 13.0 Å². The van der Waals surface area contributed by atoms with E-state index in [2.05, 4.69) is 18.2 Å². The van der Waals surface area contributed by atoms with Gasteiger partial charge in [-0.3, -0.25) is 0 Å². The zero-order valence-electron chi connectivity index (χ0n) is 11.3. The van der Waals surface area contributed by atoms with Gasteiger partial charge in [-0.1, -0.05) is 18.9 Å². The van der Waals surface area contributed by atoms with Crippen molar-refractivity contribution >= 4 is 11.6 Å². The smallest absolute Gasteiger partial charge is 0.119 e. The summed E-state index contributed by atoms with van der Waals surface area (Å²) in [6.45, 7) is 0. The number of hydrogen-bond acceptors (Lipinski definition) is 1. The first-order valence-corrected chi connectivity index (χ1v) is 7.61. The Kier molecular flexibility index (Phi) is 5.37. The molecular weight excluding hydrogens is 244 g/mol. The van der Waals surface area contributed by atoms with Gasteiger partial charge in [0.15, 0.2) is 0 Å². The molecule has 0 aromatic heterocycles. The molecule has 1 atom stereocenters. The fourth-order valence-corrected chi connectivity index (χ4v) is 3.17. The highest BCUT2D eigenvalue weighted by molar-refractivity contribution is 6.17. The second kappa shape index (κ2) is 7.04. The lowest BCUT2D eigenvalue weighted by Crippen LogP contribution is -2.10. The Morgan fingerprint density at radius 3 is 2.94 bits per heavy atom. The van der Waals surface area contributed by atoms with E-state index in [9.17, 15) is 0 Å². The number of benzene rings is 1. The van der Waals surface area contributed by atoms with E-state index in [1.165, 1.54) is 44.1 Å². The molecule has 100 valence electrons. The van der Waals surface area contributed by atoms with Crippen molar-refractivity contribution in [1.29, 1.82) is 0 Å². The van der Waals surface area contributed by atoms with E-state index in [-0.39, 0.29) is 0 Å². The number of halogens is 1. The van der Waals surface area contributed by atoms with Crippen LogP contribution in [0.1, 0.15) is 55.6 Å². The Hall–Kier alpha value is -0.690. The Morgan fingerprint density at radius 2 is 2.17 bits per heavy atom. The van der Waals surface area contributed by atoms with Crippen LogP contribution in [0.3, 0.4) is 0 Å². The number of methoxy groups -OCH3 is 1. The number of unbranched alkanes of at least 4 members (excludes halogenated alkanes) is 2. The molecule has 0 N–H and O–H groups in total. The standard InChI is InChI=1S/C16H23ClO/c1-18-15-9-10-16-13(6-3-2-4-11-17)7-5-8-14(16)12-15/h9-10,12-13H,2-8,11H2,1H3/t13-/m1/s1. The van der Waals surface area contributed by atoms with E-state index < -0.39 is 0 Å². The van der Waals surface area contributed by atoms with Gasteiger partial charge in [-0.05, 0) is 61.3 Å². The molecule has 2 rings (SSSR count). The summed E-state index contributed by atoms with van der Waals surface area (Å²) in [5, 5.41) is 0. The predicted octanol–water partition coefficient (Wildman–Crippen LogP) is 4.91. The van der Waals surface area contributed by atoms with E-state index in [1.807, 2.05) is 0 Å². The third-order valence-electron chi connectivity index (χ3n) is 3.97. The van der Waals surface area contributed by atoms with Crippen LogP contribution in [-0.4, -0.2) is 13.0 Å². The van der Waals surface area contributed by atoms with Crippen molar-refractivity contribution in [3.8, 4) is 5.75 Å². The summed E-state index contributed by atoms with van der Waals surface area (Å²) in [4.78, 5) is 0. The van der Waals surface area contributed by atoms with Crippen LogP contribution in [-0.2, 0) is 6.42 Å². The molecule has 0 saturated carbocycles. The van der Waals surface area contributed by atoms with E-state index in [0.717, 1.165) is 24.0 Å². The van der Waals surface area contributed by atoms with Gasteiger partial charge >= 0.3 is 0 Å². The molecular formula is C16H23ClO. The van der Waals surface area contributed by atoms with Gasteiger partial charge in [0.1, 0.15) is 5.75 Å². The highest BCUT2D eigenvalue weighted by Gasteiger charge is 2.20. The van der Waals surface area contributed by atoms with Crippen molar-refractivity contribution in [3.05, 3.63) is 29.3 Å². The van der Waals surface area contributed by atoms with E-state index in [4.69, 9.17) is 16.3 Å². The average molecular weight is 267 g/mol. The average Bonchev–Trinajstić information content (AvgIpc) is 2.43. The van der Waals surface area contributed by atoms with Crippen LogP contribution in [0, 0.1) is 0 Å². The summed E-state index contributed by atoms with van der Waals surface area (Å²) in [5.74, 6) is 2.56. The molecule has 1 aliphatic rings. The maximum atomic E-state index is 5.72. The summed E-state index contributed by atoms with van der Waals surface area (Å²) in [6, 6.07) is 6.61. The Bertz CT molecular complexity index is 375. The Labute approximate surface area is 115 Å². The molecule has 2 heteroatoms. The lowest BCUT2D eigenvalue weighted by Gasteiger charge is -2.26. The molecule has 0 aliphatic heterocycles. The highest BCUT2D eigenvalue weighted by atomic mass is 35.5. The van der Waals surface area contributed by atoms with Gasteiger partial charge < -0.3 is 4.74 Å². The molecule has 0 spiro atoms. The number of fused-ring (bicyclic) bond motifs is 1. The topological polar surface area (TPSA) is 9.23 Å². The van der Waals surface area contributed by atoms with Crippen molar-refractivity contribution in [1.82, 2.24) is 0 Å². The lowest BCUT2D eigenvalue weighted by atomic mass is 9.80. The number of hydrogen-bond donors (Lipinski definition) is 0. The van der Waals surface area contributed by atoms with Crippen molar-refractivity contribution in [2.45, 2.75) is 50.9 Å². The van der Waals surface area contributed by atoms with E-state index in [0.29, 0.717) is 0 Å².